The molecule has 0 radical (unpaired) electrons. The molecule has 5 nitrogen and oxygen atoms in total. The first-order chi connectivity index (χ1) is 7.95. The van der Waals surface area contributed by atoms with Crippen LogP contribution in [0.1, 0.15) is 17.3 Å². The van der Waals surface area contributed by atoms with Crippen molar-refractivity contribution in [2.75, 3.05) is 7.11 Å². The fourth-order valence-electron chi connectivity index (χ4n) is 1.20. The fourth-order valence-corrected chi connectivity index (χ4v) is 1.36. The highest BCUT2D eigenvalue weighted by Gasteiger charge is 2.17. The van der Waals surface area contributed by atoms with Gasteiger partial charge in [-0.15, -0.1) is 0 Å². The van der Waals surface area contributed by atoms with Gasteiger partial charge in [0.25, 0.3) is 5.91 Å². The van der Waals surface area contributed by atoms with E-state index in [0.717, 1.165) is 0 Å². The van der Waals surface area contributed by atoms with Crippen LogP contribution in [-0.2, 0) is 4.79 Å². The Bertz CT molecular complexity index is 448. The molecule has 1 rings (SSSR count). The van der Waals surface area contributed by atoms with Gasteiger partial charge in [0.05, 0.1) is 12.7 Å². The van der Waals surface area contributed by atoms with Gasteiger partial charge in [0.1, 0.15) is 11.8 Å². The zero-order valence-corrected chi connectivity index (χ0v) is 10.2. The van der Waals surface area contributed by atoms with Crippen LogP contribution in [0, 0.1) is 0 Å². The minimum Gasteiger partial charge on any atom is -0.496 e. The highest BCUT2D eigenvalue weighted by Crippen LogP contribution is 2.22. The Hall–Kier alpha value is -1.75. The summed E-state index contributed by atoms with van der Waals surface area (Å²) in [6, 6.07) is 3.85. The van der Waals surface area contributed by atoms with Crippen molar-refractivity contribution in [2.45, 2.75) is 13.0 Å². The Morgan fingerprint density at radius 1 is 1.47 bits per heavy atom. The van der Waals surface area contributed by atoms with Crippen LogP contribution in [0.25, 0.3) is 0 Å². The lowest BCUT2D eigenvalue weighted by Crippen LogP contribution is -2.42. The lowest BCUT2D eigenvalue weighted by Gasteiger charge is -2.12. The van der Waals surface area contributed by atoms with E-state index in [-0.39, 0.29) is 0 Å². The van der Waals surface area contributed by atoms with Crippen molar-refractivity contribution < 1.29 is 14.3 Å². The van der Waals surface area contributed by atoms with Crippen LogP contribution in [0.15, 0.2) is 18.2 Å². The number of ether oxygens (including phenoxy) is 1. The van der Waals surface area contributed by atoms with Gasteiger partial charge in [0.15, 0.2) is 0 Å². The molecule has 1 aromatic carbocycles. The lowest BCUT2D eigenvalue weighted by atomic mass is 10.1. The standard InChI is InChI=1S/C11H13ClN2O3/c1-6(10(13)15)14-11(16)8-4-3-7(12)5-9(8)17-2/h3-6H,1-2H3,(H2,13,15)(H,14,16). The highest BCUT2D eigenvalue weighted by molar-refractivity contribution is 6.30. The van der Waals surface area contributed by atoms with Crippen LogP contribution in [0.4, 0.5) is 0 Å². The molecule has 0 aliphatic rings. The summed E-state index contributed by atoms with van der Waals surface area (Å²) in [6.45, 7) is 1.50. The molecule has 0 aliphatic heterocycles. The summed E-state index contributed by atoms with van der Waals surface area (Å²) in [7, 11) is 1.43. The van der Waals surface area contributed by atoms with Crippen LogP contribution >= 0.6 is 11.6 Å². The first-order valence-electron chi connectivity index (χ1n) is 4.89. The van der Waals surface area contributed by atoms with E-state index in [9.17, 15) is 9.59 Å². The van der Waals surface area contributed by atoms with Crippen molar-refractivity contribution in [3.05, 3.63) is 28.8 Å². The number of nitrogens with two attached hydrogens (primary N) is 1. The number of amides is 2. The number of primary amides is 1. The van der Waals surface area contributed by atoms with Crippen molar-refractivity contribution in [1.82, 2.24) is 5.32 Å². The molecular formula is C11H13ClN2O3. The molecule has 0 saturated heterocycles. The van der Waals surface area contributed by atoms with Gasteiger partial charge in [-0.3, -0.25) is 9.59 Å². The number of carbonyl (C=O) groups is 2. The number of benzene rings is 1. The molecule has 0 aliphatic carbocycles. The first kappa shape index (κ1) is 13.3. The van der Waals surface area contributed by atoms with Crippen LogP contribution in [0.3, 0.4) is 0 Å². The summed E-state index contributed by atoms with van der Waals surface area (Å²) in [5, 5.41) is 2.91. The Morgan fingerprint density at radius 2 is 2.12 bits per heavy atom. The van der Waals surface area contributed by atoms with Crippen LogP contribution in [-0.4, -0.2) is 25.0 Å². The molecule has 0 aromatic heterocycles. The number of hydrogen-bond acceptors (Lipinski definition) is 3. The molecule has 0 saturated carbocycles. The minimum absolute atomic E-state index is 0.296. The average Bonchev–Trinajstić information content (AvgIpc) is 2.28. The number of halogens is 1. The van der Waals surface area contributed by atoms with E-state index in [4.69, 9.17) is 22.1 Å². The predicted octanol–water partition coefficient (Wildman–Crippen LogP) is 0.952. The summed E-state index contributed by atoms with van der Waals surface area (Å²) in [6.07, 6.45) is 0. The predicted molar refractivity (Wildman–Crippen MR) is 64.1 cm³/mol. The lowest BCUT2D eigenvalue weighted by molar-refractivity contribution is -0.119. The van der Waals surface area contributed by atoms with Gasteiger partial charge in [-0.2, -0.15) is 0 Å². The third-order valence-corrected chi connectivity index (χ3v) is 2.42. The SMILES string of the molecule is COc1cc(Cl)ccc1C(=O)NC(C)C(N)=O. The second-order valence-corrected chi connectivity index (χ2v) is 3.88. The molecule has 0 spiro atoms. The van der Waals surface area contributed by atoms with Gasteiger partial charge in [-0.25, -0.2) is 0 Å². The molecule has 3 N–H and O–H groups in total. The summed E-state index contributed by atoms with van der Waals surface area (Å²) in [5.74, 6) is -0.706. The monoisotopic (exact) mass is 256 g/mol. The second-order valence-electron chi connectivity index (χ2n) is 3.44. The Kier molecular flexibility index (Phi) is 4.34. The molecule has 0 fully saturated rings. The van der Waals surface area contributed by atoms with Crippen LogP contribution in [0.5, 0.6) is 5.75 Å². The summed E-state index contributed by atoms with van der Waals surface area (Å²) >= 11 is 5.77. The molecular weight excluding hydrogens is 244 g/mol. The number of nitrogens with one attached hydrogen (secondary N) is 1. The van der Waals surface area contributed by atoms with Gasteiger partial charge >= 0.3 is 0 Å². The Labute approximate surface area is 104 Å². The van der Waals surface area contributed by atoms with E-state index in [2.05, 4.69) is 5.32 Å². The summed E-state index contributed by atoms with van der Waals surface area (Å²) < 4.78 is 5.03. The van der Waals surface area contributed by atoms with Crippen LogP contribution in [0.2, 0.25) is 5.02 Å². The van der Waals surface area contributed by atoms with Crippen LogP contribution < -0.4 is 15.8 Å². The van der Waals surface area contributed by atoms with Gasteiger partial charge in [0, 0.05) is 5.02 Å². The van der Waals surface area contributed by atoms with Gasteiger partial charge in [0.2, 0.25) is 5.91 Å². The Balaban J connectivity index is 2.92. The van der Waals surface area contributed by atoms with Crippen molar-refractivity contribution in [3.8, 4) is 5.75 Å². The molecule has 0 bridgehead atoms. The molecule has 2 amide bonds. The second kappa shape index (κ2) is 5.54. The first-order valence-corrected chi connectivity index (χ1v) is 5.27. The fraction of sp³-hybridized carbons (Fsp3) is 0.273. The number of hydrogen-bond donors (Lipinski definition) is 2. The molecule has 17 heavy (non-hydrogen) atoms. The molecule has 0 heterocycles. The minimum atomic E-state index is -0.747. The largest absolute Gasteiger partial charge is 0.496 e. The number of carbonyl (C=O) groups excluding carboxylic acids is 2. The quantitative estimate of drug-likeness (QED) is 0.842. The third-order valence-electron chi connectivity index (χ3n) is 2.18. The molecule has 1 atom stereocenters. The van der Waals surface area contributed by atoms with E-state index < -0.39 is 17.9 Å². The Morgan fingerprint density at radius 3 is 2.65 bits per heavy atom. The molecule has 92 valence electrons. The van der Waals surface area contributed by atoms with Crippen molar-refractivity contribution in [2.24, 2.45) is 5.73 Å². The average molecular weight is 257 g/mol. The maximum atomic E-state index is 11.8. The zero-order chi connectivity index (χ0) is 13.0. The number of rotatable bonds is 4. The van der Waals surface area contributed by atoms with E-state index in [1.807, 2.05) is 0 Å². The van der Waals surface area contributed by atoms with E-state index in [1.165, 1.54) is 26.2 Å². The van der Waals surface area contributed by atoms with Gasteiger partial charge < -0.3 is 15.8 Å². The molecule has 6 heteroatoms. The normalized spacial score (nSPS) is 11.7. The van der Waals surface area contributed by atoms with Crippen molar-refractivity contribution in [1.29, 1.82) is 0 Å². The topological polar surface area (TPSA) is 81.4 Å². The smallest absolute Gasteiger partial charge is 0.255 e. The van der Waals surface area contributed by atoms with Gasteiger partial charge in [-0.05, 0) is 25.1 Å². The molecule has 1 aromatic rings. The van der Waals surface area contributed by atoms with Crippen molar-refractivity contribution in [3.63, 3.8) is 0 Å². The maximum Gasteiger partial charge on any atom is 0.255 e. The maximum absolute atomic E-state index is 11.8. The summed E-state index contributed by atoms with van der Waals surface area (Å²) in [4.78, 5) is 22.6. The molecule has 1 unspecified atom stereocenters. The van der Waals surface area contributed by atoms with Gasteiger partial charge in [-0.1, -0.05) is 11.6 Å². The third kappa shape index (κ3) is 3.35. The highest BCUT2D eigenvalue weighted by atomic mass is 35.5. The van der Waals surface area contributed by atoms with E-state index in [0.29, 0.717) is 16.3 Å². The zero-order valence-electron chi connectivity index (χ0n) is 9.49. The van der Waals surface area contributed by atoms with Crippen molar-refractivity contribution >= 4 is 23.4 Å². The number of methoxy groups -OCH3 is 1. The van der Waals surface area contributed by atoms with E-state index >= 15 is 0 Å². The van der Waals surface area contributed by atoms with E-state index in [1.54, 1.807) is 6.07 Å². The summed E-state index contributed by atoms with van der Waals surface area (Å²) in [5.41, 5.74) is 5.35.